The molecule has 0 bridgehead atoms. The van der Waals surface area contributed by atoms with Crippen LogP contribution >= 0.6 is 0 Å². The van der Waals surface area contributed by atoms with Crippen molar-refractivity contribution in [3.8, 4) is 0 Å². The molecule has 0 unspecified atom stereocenters. The summed E-state index contributed by atoms with van der Waals surface area (Å²) in [5.74, 6) is 1.02. The molecule has 31 heavy (non-hydrogen) atoms. The number of aliphatic hydroxyl groups excluding tert-OH is 2. The molecule has 3 heteroatoms. The molecule has 0 aromatic heterocycles. The van der Waals surface area contributed by atoms with Gasteiger partial charge in [0.1, 0.15) is 0 Å². The third kappa shape index (κ3) is 5.28. The number of allylic oxidation sites excluding steroid dienone is 2. The Kier molecular flexibility index (Phi) is 6.64. The van der Waals surface area contributed by atoms with E-state index in [0.29, 0.717) is 18.3 Å². The highest BCUT2D eigenvalue weighted by Crippen LogP contribution is 2.48. The second-order valence-corrected chi connectivity index (χ2v) is 9.62. The molecule has 0 spiro atoms. The Labute approximate surface area is 186 Å². The monoisotopic (exact) mass is 417 g/mol. The Morgan fingerprint density at radius 2 is 1.87 bits per heavy atom. The van der Waals surface area contributed by atoms with Gasteiger partial charge in [-0.1, -0.05) is 65.8 Å². The van der Waals surface area contributed by atoms with Crippen molar-refractivity contribution < 1.29 is 10.2 Å². The maximum absolute atomic E-state index is 10.6. The van der Waals surface area contributed by atoms with Gasteiger partial charge in [0.2, 0.25) is 0 Å². The van der Waals surface area contributed by atoms with Crippen LogP contribution in [0.5, 0.6) is 0 Å². The van der Waals surface area contributed by atoms with Crippen LogP contribution in [-0.4, -0.2) is 36.5 Å². The lowest BCUT2D eigenvalue weighted by molar-refractivity contribution is 0.140. The van der Waals surface area contributed by atoms with Gasteiger partial charge < -0.3 is 15.1 Å². The van der Waals surface area contributed by atoms with E-state index in [-0.39, 0.29) is 12.0 Å². The predicted molar refractivity (Wildman–Crippen MR) is 128 cm³/mol. The fourth-order valence-corrected chi connectivity index (χ4v) is 5.35. The van der Waals surface area contributed by atoms with Crippen molar-refractivity contribution in [2.45, 2.75) is 44.8 Å². The summed E-state index contributed by atoms with van der Waals surface area (Å²) >= 11 is 0. The van der Waals surface area contributed by atoms with Gasteiger partial charge in [0.15, 0.2) is 0 Å². The van der Waals surface area contributed by atoms with Crippen molar-refractivity contribution in [3.05, 3.63) is 89.0 Å². The Balaban J connectivity index is 1.37. The molecule has 1 saturated carbocycles. The van der Waals surface area contributed by atoms with Crippen LogP contribution in [0.2, 0.25) is 0 Å². The minimum atomic E-state index is -0.518. The quantitative estimate of drug-likeness (QED) is 0.642. The van der Waals surface area contributed by atoms with Crippen LogP contribution < -0.4 is 4.90 Å². The van der Waals surface area contributed by atoms with E-state index in [1.165, 1.54) is 22.4 Å². The van der Waals surface area contributed by atoms with Crippen LogP contribution in [0.1, 0.15) is 29.5 Å². The van der Waals surface area contributed by atoms with Crippen LogP contribution in [0.3, 0.4) is 0 Å². The van der Waals surface area contributed by atoms with E-state index >= 15 is 0 Å². The molecule has 3 nitrogen and oxygen atoms in total. The molecule has 2 aliphatic rings. The number of hydrogen-bond donors (Lipinski definition) is 2. The van der Waals surface area contributed by atoms with Gasteiger partial charge in [0, 0.05) is 32.1 Å². The third-order valence-corrected chi connectivity index (χ3v) is 6.89. The van der Waals surface area contributed by atoms with E-state index in [4.69, 9.17) is 0 Å². The standard InChI is InChI=1S/C28H35NO2/c1-19-6-4-7-20(12-19)16-25(30)10-11-26-27-17-22(14-23(27)18-28(26)31)13-21-8-5-9-24(15-21)29(2)3/h4-12,14-15,23,25-28,30-31H,13,16-18H2,1-3H3/b11-10+/t23-,25-,26+,27-,28+/m0/s1. The van der Waals surface area contributed by atoms with Gasteiger partial charge in [-0.3, -0.25) is 0 Å². The molecule has 2 aromatic rings. The number of nitrogens with zero attached hydrogens (tertiary/aromatic N) is 1. The van der Waals surface area contributed by atoms with Crippen molar-refractivity contribution in [3.63, 3.8) is 0 Å². The van der Waals surface area contributed by atoms with Gasteiger partial charge in [-0.15, -0.1) is 0 Å². The largest absolute Gasteiger partial charge is 0.392 e. The smallest absolute Gasteiger partial charge is 0.0761 e. The van der Waals surface area contributed by atoms with Gasteiger partial charge in [-0.2, -0.15) is 0 Å². The van der Waals surface area contributed by atoms with E-state index in [0.717, 1.165) is 24.8 Å². The summed E-state index contributed by atoms with van der Waals surface area (Å²) in [6.07, 6.45) is 9.02. The lowest BCUT2D eigenvalue weighted by atomic mass is 9.88. The van der Waals surface area contributed by atoms with E-state index in [9.17, 15) is 10.2 Å². The number of hydrogen-bond acceptors (Lipinski definition) is 3. The summed E-state index contributed by atoms with van der Waals surface area (Å²) < 4.78 is 0. The highest BCUT2D eigenvalue weighted by atomic mass is 16.3. The highest BCUT2D eigenvalue weighted by Gasteiger charge is 2.43. The summed E-state index contributed by atoms with van der Waals surface area (Å²) in [5, 5.41) is 21.2. The molecule has 0 amide bonds. The van der Waals surface area contributed by atoms with Gasteiger partial charge in [0.25, 0.3) is 0 Å². The number of benzene rings is 2. The second-order valence-electron chi connectivity index (χ2n) is 9.62. The fraction of sp³-hybridized carbons (Fsp3) is 0.429. The molecule has 0 aliphatic heterocycles. The maximum atomic E-state index is 10.6. The van der Waals surface area contributed by atoms with Crippen LogP contribution in [0.15, 0.2) is 72.3 Å². The molecular weight excluding hydrogens is 382 g/mol. The summed E-state index contributed by atoms with van der Waals surface area (Å²) in [6.45, 7) is 2.07. The minimum Gasteiger partial charge on any atom is -0.392 e. The first-order chi connectivity index (χ1) is 14.9. The predicted octanol–water partition coefficient (Wildman–Crippen LogP) is 4.71. The number of aliphatic hydroxyl groups is 2. The number of anilines is 1. The first kappa shape index (κ1) is 21.9. The lowest BCUT2D eigenvalue weighted by Crippen LogP contribution is -2.18. The van der Waals surface area contributed by atoms with Crippen molar-refractivity contribution in [1.29, 1.82) is 0 Å². The zero-order valence-corrected chi connectivity index (χ0v) is 18.9. The van der Waals surface area contributed by atoms with Gasteiger partial charge >= 0.3 is 0 Å². The van der Waals surface area contributed by atoms with Crippen molar-refractivity contribution >= 4 is 5.69 Å². The van der Waals surface area contributed by atoms with E-state index < -0.39 is 6.10 Å². The number of fused-ring (bicyclic) bond motifs is 1. The Bertz CT molecular complexity index is 961. The molecule has 0 saturated heterocycles. The highest BCUT2D eigenvalue weighted by molar-refractivity contribution is 5.48. The Morgan fingerprint density at radius 3 is 2.65 bits per heavy atom. The molecule has 0 heterocycles. The van der Waals surface area contributed by atoms with E-state index in [1.807, 2.05) is 12.1 Å². The van der Waals surface area contributed by atoms with Crippen molar-refractivity contribution in [2.75, 3.05) is 19.0 Å². The van der Waals surface area contributed by atoms with Gasteiger partial charge in [-0.25, -0.2) is 0 Å². The summed E-state index contributed by atoms with van der Waals surface area (Å²) in [7, 11) is 4.15. The summed E-state index contributed by atoms with van der Waals surface area (Å²) in [6, 6.07) is 17.0. The van der Waals surface area contributed by atoms with Crippen molar-refractivity contribution in [1.82, 2.24) is 0 Å². The fourth-order valence-electron chi connectivity index (χ4n) is 5.35. The van der Waals surface area contributed by atoms with Gasteiger partial charge in [0.05, 0.1) is 12.2 Å². The summed E-state index contributed by atoms with van der Waals surface area (Å²) in [5.41, 5.74) is 6.42. The Morgan fingerprint density at radius 1 is 1.10 bits per heavy atom. The molecule has 2 N–H and O–H groups in total. The van der Waals surface area contributed by atoms with Crippen LogP contribution in [-0.2, 0) is 12.8 Å². The minimum absolute atomic E-state index is 0.124. The lowest BCUT2D eigenvalue weighted by Gasteiger charge is -2.19. The average molecular weight is 418 g/mol. The molecule has 164 valence electrons. The van der Waals surface area contributed by atoms with Crippen LogP contribution in [0.25, 0.3) is 0 Å². The topological polar surface area (TPSA) is 43.7 Å². The zero-order valence-electron chi connectivity index (χ0n) is 18.9. The second kappa shape index (κ2) is 9.42. The Hall–Kier alpha value is -2.36. The molecular formula is C28H35NO2. The zero-order chi connectivity index (χ0) is 22.0. The molecule has 4 rings (SSSR count). The molecule has 2 aromatic carbocycles. The first-order valence-corrected chi connectivity index (χ1v) is 11.4. The van der Waals surface area contributed by atoms with E-state index in [2.05, 4.69) is 80.5 Å². The first-order valence-electron chi connectivity index (χ1n) is 11.4. The maximum Gasteiger partial charge on any atom is 0.0761 e. The van der Waals surface area contributed by atoms with E-state index in [1.54, 1.807) is 0 Å². The molecule has 5 atom stereocenters. The van der Waals surface area contributed by atoms with Crippen LogP contribution in [0, 0.1) is 24.7 Å². The SMILES string of the molecule is Cc1cccc(C[C@@H](O)/C=C/[C@@H]2[C@H]3CC(Cc4cccc(N(C)C)c4)=C[C@H]3C[C@H]2O)c1. The van der Waals surface area contributed by atoms with Crippen LogP contribution in [0.4, 0.5) is 5.69 Å². The van der Waals surface area contributed by atoms with Crippen molar-refractivity contribution in [2.24, 2.45) is 17.8 Å². The summed E-state index contributed by atoms with van der Waals surface area (Å²) in [4.78, 5) is 2.14. The molecule has 2 aliphatic carbocycles. The van der Waals surface area contributed by atoms with Gasteiger partial charge in [-0.05, 0) is 61.3 Å². The molecule has 0 radical (unpaired) electrons. The number of aryl methyl sites for hydroxylation is 1. The number of rotatable bonds is 7. The normalized spacial score (nSPS) is 26.2. The average Bonchev–Trinajstić information content (AvgIpc) is 3.22. The third-order valence-electron chi connectivity index (χ3n) is 6.89. The molecule has 1 fully saturated rings.